The first-order chi connectivity index (χ1) is 8.27. The lowest BCUT2D eigenvalue weighted by atomic mass is 10.4. The van der Waals surface area contributed by atoms with E-state index in [1.54, 1.807) is 34.7 Å². The third kappa shape index (κ3) is 3.14. The zero-order chi connectivity index (χ0) is 12.1. The summed E-state index contributed by atoms with van der Waals surface area (Å²) < 4.78 is 1.76. The number of aromatic carboxylic acids is 1. The molecule has 0 atom stereocenters. The normalized spacial score (nSPS) is 10.4. The van der Waals surface area contributed by atoms with Crippen LogP contribution in [-0.4, -0.2) is 21.4 Å². The number of carboxylic acids is 1. The molecule has 0 amide bonds. The Morgan fingerprint density at radius 1 is 1.18 bits per heavy atom. The molecule has 1 aromatic carbocycles. The van der Waals surface area contributed by atoms with Crippen molar-refractivity contribution >= 4 is 17.7 Å². The SMILES string of the molecule is O=C(O)c1cccn1CCSc1ccccc1. The Labute approximate surface area is 104 Å². The van der Waals surface area contributed by atoms with Crippen molar-refractivity contribution in [3.63, 3.8) is 0 Å². The van der Waals surface area contributed by atoms with Crippen molar-refractivity contribution in [2.75, 3.05) is 5.75 Å². The molecule has 0 saturated carbocycles. The van der Waals surface area contributed by atoms with Gasteiger partial charge in [-0.2, -0.15) is 0 Å². The number of hydrogen-bond donors (Lipinski definition) is 1. The van der Waals surface area contributed by atoms with E-state index in [0.717, 1.165) is 5.75 Å². The summed E-state index contributed by atoms with van der Waals surface area (Å²) >= 11 is 1.73. The molecular formula is C13H13NO2S. The Hall–Kier alpha value is -1.68. The molecule has 0 aliphatic carbocycles. The zero-order valence-electron chi connectivity index (χ0n) is 9.24. The number of carboxylic acid groups (broad SMARTS) is 1. The van der Waals surface area contributed by atoms with Crippen molar-refractivity contribution in [1.29, 1.82) is 0 Å². The Morgan fingerprint density at radius 2 is 1.94 bits per heavy atom. The van der Waals surface area contributed by atoms with Gasteiger partial charge in [-0.25, -0.2) is 4.79 Å². The molecule has 1 heterocycles. The number of nitrogens with zero attached hydrogens (tertiary/aromatic N) is 1. The van der Waals surface area contributed by atoms with Crippen LogP contribution in [0.3, 0.4) is 0 Å². The van der Waals surface area contributed by atoms with E-state index in [9.17, 15) is 4.79 Å². The Bertz CT molecular complexity index is 493. The van der Waals surface area contributed by atoms with E-state index in [1.807, 2.05) is 18.2 Å². The van der Waals surface area contributed by atoms with Gasteiger partial charge in [-0.3, -0.25) is 0 Å². The number of aromatic nitrogens is 1. The number of aryl methyl sites for hydroxylation is 1. The van der Waals surface area contributed by atoms with Crippen LogP contribution in [0, 0.1) is 0 Å². The van der Waals surface area contributed by atoms with Crippen molar-refractivity contribution in [1.82, 2.24) is 4.57 Å². The fourth-order valence-electron chi connectivity index (χ4n) is 1.58. The van der Waals surface area contributed by atoms with E-state index >= 15 is 0 Å². The topological polar surface area (TPSA) is 42.2 Å². The number of thioether (sulfide) groups is 1. The van der Waals surface area contributed by atoms with Gasteiger partial charge >= 0.3 is 5.97 Å². The zero-order valence-corrected chi connectivity index (χ0v) is 10.1. The second-order valence-electron chi connectivity index (χ2n) is 3.55. The molecule has 0 fully saturated rings. The van der Waals surface area contributed by atoms with Gasteiger partial charge in [-0.05, 0) is 24.3 Å². The van der Waals surface area contributed by atoms with Crippen molar-refractivity contribution in [3.8, 4) is 0 Å². The molecule has 0 spiro atoms. The average Bonchev–Trinajstić information content (AvgIpc) is 2.79. The highest BCUT2D eigenvalue weighted by Gasteiger charge is 2.07. The first-order valence-electron chi connectivity index (χ1n) is 5.33. The summed E-state index contributed by atoms with van der Waals surface area (Å²) in [5.74, 6) is -0.0152. The van der Waals surface area contributed by atoms with Gasteiger partial charge in [-0.1, -0.05) is 18.2 Å². The molecule has 17 heavy (non-hydrogen) atoms. The van der Waals surface area contributed by atoms with Crippen LogP contribution in [0.4, 0.5) is 0 Å². The Balaban J connectivity index is 1.90. The van der Waals surface area contributed by atoms with E-state index in [-0.39, 0.29) is 0 Å². The van der Waals surface area contributed by atoms with Gasteiger partial charge in [0.25, 0.3) is 0 Å². The Morgan fingerprint density at radius 3 is 2.65 bits per heavy atom. The van der Waals surface area contributed by atoms with Crippen molar-refractivity contribution in [2.24, 2.45) is 0 Å². The Kier molecular flexibility index (Phi) is 3.88. The minimum atomic E-state index is -0.875. The standard InChI is InChI=1S/C13H13NO2S/c15-13(16)12-7-4-8-14(12)9-10-17-11-5-2-1-3-6-11/h1-8H,9-10H2,(H,15,16). The van der Waals surface area contributed by atoms with Crippen molar-refractivity contribution in [3.05, 3.63) is 54.4 Å². The average molecular weight is 247 g/mol. The third-order valence-corrected chi connectivity index (χ3v) is 3.38. The first kappa shape index (κ1) is 11.8. The predicted molar refractivity (Wildman–Crippen MR) is 68.6 cm³/mol. The molecule has 0 saturated heterocycles. The summed E-state index contributed by atoms with van der Waals surface area (Å²) in [6.07, 6.45) is 1.80. The van der Waals surface area contributed by atoms with Gasteiger partial charge in [0, 0.05) is 23.4 Å². The first-order valence-corrected chi connectivity index (χ1v) is 6.32. The minimum absolute atomic E-state index is 0.346. The summed E-state index contributed by atoms with van der Waals surface area (Å²) in [5, 5.41) is 8.94. The highest BCUT2D eigenvalue weighted by atomic mass is 32.2. The van der Waals surface area contributed by atoms with Gasteiger partial charge in [0.2, 0.25) is 0 Å². The summed E-state index contributed by atoms with van der Waals surface area (Å²) in [6, 6.07) is 13.5. The summed E-state index contributed by atoms with van der Waals surface area (Å²) in [6.45, 7) is 0.703. The smallest absolute Gasteiger partial charge is 0.352 e. The maximum absolute atomic E-state index is 10.9. The lowest BCUT2D eigenvalue weighted by molar-refractivity contribution is 0.0685. The molecule has 1 aromatic heterocycles. The number of hydrogen-bond acceptors (Lipinski definition) is 2. The molecule has 0 aliphatic rings. The lowest BCUT2D eigenvalue weighted by Crippen LogP contribution is -2.08. The van der Waals surface area contributed by atoms with Gasteiger partial charge in [0.1, 0.15) is 5.69 Å². The van der Waals surface area contributed by atoms with Crippen LogP contribution in [-0.2, 0) is 6.54 Å². The molecule has 1 N–H and O–H groups in total. The maximum atomic E-state index is 10.9. The summed E-state index contributed by atoms with van der Waals surface area (Å²) in [7, 11) is 0. The molecular weight excluding hydrogens is 234 g/mol. The molecule has 0 unspecified atom stereocenters. The minimum Gasteiger partial charge on any atom is -0.477 e. The largest absolute Gasteiger partial charge is 0.477 e. The van der Waals surface area contributed by atoms with E-state index in [4.69, 9.17) is 5.11 Å². The molecule has 4 heteroatoms. The van der Waals surface area contributed by atoms with Gasteiger partial charge in [0.15, 0.2) is 0 Å². The predicted octanol–water partition coefficient (Wildman–Crippen LogP) is 2.98. The van der Waals surface area contributed by atoms with Gasteiger partial charge in [-0.15, -0.1) is 11.8 Å². The van der Waals surface area contributed by atoms with E-state index < -0.39 is 5.97 Å². The fourth-order valence-corrected chi connectivity index (χ4v) is 2.46. The maximum Gasteiger partial charge on any atom is 0.352 e. The van der Waals surface area contributed by atoms with E-state index in [1.165, 1.54) is 4.90 Å². The second-order valence-corrected chi connectivity index (χ2v) is 4.72. The molecule has 0 aliphatic heterocycles. The van der Waals surface area contributed by atoms with Crippen LogP contribution < -0.4 is 0 Å². The van der Waals surface area contributed by atoms with E-state index in [0.29, 0.717) is 12.2 Å². The van der Waals surface area contributed by atoms with Crippen LogP contribution in [0.5, 0.6) is 0 Å². The van der Waals surface area contributed by atoms with Crippen LogP contribution in [0.1, 0.15) is 10.5 Å². The quantitative estimate of drug-likeness (QED) is 0.826. The molecule has 88 valence electrons. The van der Waals surface area contributed by atoms with Crippen LogP contribution in [0.15, 0.2) is 53.6 Å². The highest BCUT2D eigenvalue weighted by Crippen LogP contribution is 2.17. The van der Waals surface area contributed by atoms with Crippen molar-refractivity contribution < 1.29 is 9.90 Å². The number of benzene rings is 1. The second kappa shape index (κ2) is 5.59. The lowest BCUT2D eigenvalue weighted by Gasteiger charge is -2.05. The number of carbonyl (C=O) groups is 1. The van der Waals surface area contributed by atoms with E-state index in [2.05, 4.69) is 12.1 Å². The van der Waals surface area contributed by atoms with Crippen LogP contribution in [0.2, 0.25) is 0 Å². The van der Waals surface area contributed by atoms with Crippen molar-refractivity contribution in [2.45, 2.75) is 11.4 Å². The summed E-state index contributed by atoms with van der Waals surface area (Å²) in [5.41, 5.74) is 0.346. The molecule has 2 aromatic rings. The van der Waals surface area contributed by atoms with Gasteiger partial charge < -0.3 is 9.67 Å². The van der Waals surface area contributed by atoms with Gasteiger partial charge in [0.05, 0.1) is 0 Å². The molecule has 2 rings (SSSR count). The highest BCUT2D eigenvalue weighted by molar-refractivity contribution is 7.99. The monoisotopic (exact) mass is 247 g/mol. The third-order valence-electron chi connectivity index (χ3n) is 2.39. The van der Waals surface area contributed by atoms with Crippen LogP contribution >= 0.6 is 11.8 Å². The summed E-state index contributed by atoms with van der Waals surface area (Å²) in [4.78, 5) is 12.1. The molecule has 0 radical (unpaired) electrons. The number of rotatable bonds is 5. The molecule has 3 nitrogen and oxygen atoms in total. The fraction of sp³-hybridized carbons (Fsp3) is 0.154. The van der Waals surface area contributed by atoms with Crippen LogP contribution in [0.25, 0.3) is 0 Å². The molecule has 0 bridgehead atoms.